The molecule has 0 saturated carbocycles. The molecule has 4 amide bonds. The summed E-state index contributed by atoms with van der Waals surface area (Å²) in [5.74, 6) is -1.58. The zero-order valence-corrected chi connectivity index (χ0v) is 24.8. The highest BCUT2D eigenvalue weighted by molar-refractivity contribution is 5.97. The van der Waals surface area contributed by atoms with Gasteiger partial charge in [0.05, 0.1) is 6.61 Å². The number of ether oxygens (including phenoxy) is 1. The maximum Gasteiger partial charge on any atom is 0.274 e. The van der Waals surface area contributed by atoms with Crippen LogP contribution in [0.15, 0.2) is 46.5 Å². The van der Waals surface area contributed by atoms with Gasteiger partial charge < -0.3 is 30.5 Å². The minimum Gasteiger partial charge on any atom is -0.382 e. The van der Waals surface area contributed by atoms with E-state index < -0.39 is 35.7 Å². The third-order valence-corrected chi connectivity index (χ3v) is 6.11. The Bertz CT molecular complexity index is 1280. The van der Waals surface area contributed by atoms with Crippen LogP contribution in [0.3, 0.4) is 0 Å². The van der Waals surface area contributed by atoms with Crippen molar-refractivity contribution in [3.05, 3.63) is 64.6 Å². The van der Waals surface area contributed by atoms with Crippen LogP contribution in [-0.4, -0.2) is 61.1 Å². The fourth-order valence-electron chi connectivity index (χ4n) is 3.88. The van der Waals surface area contributed by atoms with E-state index in [0.29, 0.717) is 25.1 Å². The van der Waals surface area contributed by atoms with Crippen LogP contribution >= 0.6 is 0 Å². The predicted octanol–water partition coefficient (Wildman–Crippen LogP) is 2.23. The molecule has 2 rings (SSSR count). The minimum atomic E-state index is -1.09. The lowest BCUT2D eigenvalue weighted by atomic mass is 10.1. The van der Waals surface area contributed by atoms with E-state index in [1.807, 2.05) is 51.1 Å². The van der Waals surface area contributed by atoms with Crippen molar-refractivity contribution >= 4 is 23.6 Å². The molecule has 2 atom stereocenters. The lowest BCUT2D eigenvalue weighted by molar-refractivity contribution is -0.130. The number of nitriles is 1. The summed E-state index contributed by atoms with van der Waals surface area (Å²) in [6.07, 6.45) is 2.86. The summed E-state index contributed by atoms with van der Waals surface area (Å²) in [4.78, 5) is 51.2. The number of amides is 4. The molecule has 12 heteroatoms. The van der Waals surface area contributed by atoms with Crippen molar-refractivity contribution in [2.75, 3.05) is 20.3 Å². The number of aromatic nitrogens is 1. The lowest BCUT2D eigenvalue weighted by Crippen LogP contribution is -2.55. The zero-order valence-electron chi connectivity index (χ0n) is 24.8. The smallest absolute Gasteiger partial charge is 0.274 e. The highest BCUT2D eigenvalue weighted by Gasteiger charge is 2.27. The molecular formula is C30H40N6O6. The molecule has 0 saturated heterocycles. The van der Waals surface area contributed by atoms with Gasteiger partial charge in [0.25, 0.3) is 11.8 Å². The second-order valence-electron chi connectivity index (χ2n) is 10.3. The van der Waals surface area contributed by atoms with Gasteiger partial charge in [-0.05, 0) is 44.6 Å². The quantitative estimate of drug-likeness (QED) is 0.133. The number of allylic oxidation sites excluding steroid dienone is 1. The zero-order chi connectivity index (χ0) is 31.1. The molecule has 0 fully saturated rings. The Labute approximate surface area is 246 Å². The van der Waals surface area contributed by atoms with E-state index in [1.54, 1.807) is 13.0 Å². The van der Waals surface area contributed by atoms with E-state index in [4.69, 9.17) is 9.26 Å². The first-order chi connectivity index (χ1) is 20.0. The molecule has 0 bridgehead atoms. The summed E-state index contributed by atoms with van der Waals surface area (Å²) in [6, 6.07) is 9.03. The van der Waals surface area contributed by atoms with Crippen LogP contribution in [0.1, 0.15) is 60.5 Å². The topological polar surface area (TPSA) is 175 Å². The summed E-state index contributed by atoms with van der Waals surface area (Å²) in [6.45, 7) is 7.78. The van der Waals surface area contributed by atoms with Gasteiger partial charge in [0, 0.05) is 26.3 Å². The van der Waals surface area contributed by atoms with Crippen molar-refractivity contribution in [2.45, 2.75) is 65.6 Å². The van der Waals surface area contributed by atoms with Crippen molar-refractivity contribution in [1.29, 1.82) is 5.26 Å². The maximum absolute atomic E-state index is 13.2. The van der Waals surface area contributed by atoms with Crippen LogP contribution in [-0.2, 0) is 25.7 Å². The fraction of sp³-hybridized carbons (Fsp3) is 0.467. The molecule has 2 aromatic rings. The standard InChI is InChI=1S/C30H40N6O6/c1-19(2)14-23(16-31)27(37)32-13-7-6-8-24(28(38)33-17-22-11-9-20(3)10-12-22)34-30(40)26(18-41-5)35-29(39)25-15-21(4)42-36-25/h9-12,14-15,19,24,26H,6-8,13,17-18H2,1-5H3,(H,32,37)(H,33,38)(H,34,40)(H,35,39)/t24-,26-/m0/s1. The molecule has 0 aliphatic carbocycles. The average Bonchev–Trinajstić information content (AvgIpc) is 3.40. The third kappa shape index (κ3) is 11.5. The van der Waals surface area contributed by atoms with E-state index in [0.717, 1.165) is 11.1 Å². The predicted molar refractivity (Wildman–Crippen MR) is 155 cm³/mol. The monoisotopic (exact) mass is 580 g/mol. The number of aryl methyl sites for hydroxylation is 2. The molecular weight excluding hydrogens is 540 g/mol. The molecule has 0 unspecified atom stereocenters. The van der Waals surface area contributed by atoms with Crippen LogP contribution in [0.25, 0.3) is 0 Å². The fourth-order valence-corrected chi connectivity index (χ4v) is 3.88. The second kappa shape index (κ2) is 17.3. The number of unbranched alkanes of at least 4 members (excludes halogenated alkanes) is 1. The number of nitrogens with zero attached hydrogens (tertiary/aromatic N) is 2. The van der Waals surface area contributed by atoms with E-state index in [-0.39, 0.29) is 36.8 Å². The third-order valence-electron chi connectivity index (χ3n) is 6.11. The second-order valence-corrected chi connectivity index (χ2v) is 10.3. The van der Waals surface area contributed by atoms with Gasteiger partial charge in [-0.15, -0.1) is 0 Å². The van der Waals surface area contributed by atoms with Gasteiger partial charge in [0.15, 0.2) is 5.69 Å². The number of nitrogens with one attached hydrogen (secondary N) is 4. The number of methoxy groups -OCH3 is 1. The van der Waals surface area contributed by atoms with Gasteiger partial charge in [0.2, 0.25) is 11.8 Å². The number of hydrogen-bond acceptors (Lipinski definition) is 8. The Morgan fingerprint density at radius 3 is 2.33 bits per heavy atom. The van der Waals surface area contributed by atoms with Crippen LogP contribution in [0.2, 0.25) is 0 Å². The van der Waals surface area contributed by atoms with Gasteiger partial charge in [-0.25, -0.2) is 0 Å². The van der Waals surface area contributed by atoms with Gasteiger partial charge in [-0.2, -0.15) is 5.26 Å². The highest BCUT2D eigenvalue weighted by atomic mass is 16.5. The Morgan fingerprint density at radius 1 is 1.02 bits per heavy atom. The molecule has 0 radical (unpaired) electrons. The van der Waals surface area contributed by atoms with Crippen LogP contribution in [0.5, 0.6) is 0 Å². The molecule has 0 aliphatic heterocycles. The summed E-state index contributed by atoms with van der Waals surface area (Å²) in [7, 11) is 1.39. The number of hydrogen-bond donors (Lipinski definition) is 4. The summed E-state index contributed by atoms with van der Waals surface area (Å²) in [5.41, 5.74) is 2.06. The summed E-state index contributed by atoms with van der Waals surface area (Å²) in [5, 5.41) is 23.7. The number of benzene rings is 1. The number of rotatable bonds is 16. The Hall–Kier alpha value is -4.50. The summed E-state index contributed by atoms with van der Waals surface area (Å²) >= 11 is 0. The normalized spacial score (nSPS) is 12.6. The van der Waals surface area contributed by atoms with Crippen molar-refractivity contribution in [3.8, 4) is 6.07 Å². The molecule has 1 aromatic heterocycles. The van der Waals surface area contributed by atoms with Crippen molar-refractivity contribution < 1.29 is 28.4 Å². The van der Waals surface area contributed by atoms with Crippen LogP contribution in [0.4, 0.5) is 0 Å². The van der Waals surface area contributed by atoms with Gasteiger partial charge >= 0.3 is 0 Å². The Balaban J connectivity index is 2.04. The molecule has 226 valence electrons. The SMILES string of the molecule is COC[C@H](NC(=O)c1cc(C)on1)C(=O)N[C@@H](CCCCNC(=O)C(C#N)=CC(C)C)C(=O)NCc1ccc(C)cc1. The molecule has 12 nitrogen and oxygen atoms in total. The first-order valence-corrected chi connectivity index (χ1v) is 13.8. The lowest BCUT2D eigenvalue weighted by Gasteiger charge is -2.23. The Kier molecular flexibility index (Phi) is 13.9. The molecule has 4 N–H and O–H groups in total. The Morgan fingerprint density at radius 2 is 1.74 bits per heavy atom. The van der Waals surface area contributed by atoms with E-state index in [9.17, 15) is 24.4 Å². The van der Waals surface area contributed by atoms with Gasteiger partial charge in [-0.3, -0.25) is 19.2 Å². The first-order valence-electron chi connectivity index (χ1n) is 13.8. The largest absolute Gasteiger partial charge is 0.382 e. The number of carbonyl (C=O) groups is 4. The minimum absolute atomic E-state index is 0.0126. The van der Waals surface area contributed by atoms with Gasteiger partial charge in [-0.1, -0.05) is 54.9 Å². The van der Waals surface area contributed by atoms with Crippen LogP contribution < -0.4 is 21.3 Å². The number of carbonyl (C=O) groups excluding carboxylic acids is 4. The molecule has 0 aliphatic rings. The molecule has 42 heavy (non-hydrogen) atoms. The molecule has 0 spiro atoms. The average molecular weight is 581 g/mol. The van der Waals surface area contributed by atoms with E-state index >= 15 is 0 Å². The summed E-state index contributed by atoms with van der Waals surface area (Å²) < 4.78 is 10.1. The van der Waals surface area contributed by atoms with E-state index in [2.05, 4.69) is 26.4 Å². The molecule has 1 heterocycles. The van der Waals surface area contributed by atoms with E-state index in [1.165, 1.54) is 13.2 Å². The van der Waals surface area contributed by atoms with Crippen molar-refractivity contribution in [2.24, 2.45) is 5.92 Å². The first kappa shape index (κ1) is 33.7. The van der Waals surface area contributed by atoms with Gasteiger partial charge in [0.1, 0.15) is 29.5 Å². The maximum atomic E-state index is 13.2. The van der Waals surface area contributed by atoms with Crippen molar-refractivity contribution in [1.82, 2.24) is 26.4 Å². The van der Waals surface area contributed by atoms with Crippen LogP contribution in [0, 0.1) is 31.1 Å². The van der Waals surface area contributed by atoms with Crippen molar-refractivity contribution in [3.63, 3.8) is 0 Å². The highest BCUT2D eigenvalue weighted by Crippen LogP contribution is 2.07. The molecule has 1 aromatic carbocycles.